The Morgan fingerprint density at radius 1 is 1.24 bits per heavy atom. The highest BCUT2D eigenvalue weighted by atomic mass is 32.2. The smallest absolute Gasteiger partial charge is 0.224 e. The van der Waals surface area contributed by atoms with E-state index in [1.54, 1.807) is 30.1 Å². The van der Waals surface area contributed by atoms with E-state index in [9.17, 15) is 23.4 Å². The Hall–Kier alpha value is -2.54. The van der Waals surface area contributed by atoms with Gasteiger partial charge >= 0.3 is 0 Å². The first-order chi connectivity index (χ1) is 16.2. The van der Waals surface area contributed by atoms with Crippen LogP contribution >= 0.6 is 0 Å². The number of amides is 1. The van der Waals surface area contributed by atoms with Gasteiger partial charge < -0.3 is 20.3 Å². The zero-order chi connectivity index (χ0) is 24.3. The Labute approximate surface area is 198 Å². The van der Waals surface area contributed by atoms with Crippen LogP contribution in [0.3, 0.4) is 0 Å². The number of hydrogen-bond donors (Lipinski definition) is 3. The largest absolute Gasteiger partial charge is 0.497 e. The molecule has 3 N–H and O–H groups in total. The molecule has 1 aromatic heterocycles. The van der Waals surface area contributed by atoms with Crippen LogP contribution in [0.1, 0.15) is 17.7 Å². The highest BCUT2D eigenvalue weighted by molar-refractivity contribution is 7.91. The molecule has 2 heterocycles. The lowest BCUT2D eigenvalue weighted by atomic mass is 10.1. The number of nitrogens with zero attached hydrogens (tertiary/aromatic N) is 4. The van der Waals surface area contributed by atoms with E-state index in [0.29, 0.717) is 38.3 Å². The Bertz CT molecular complexity index is 1090. The van der Waals surface area contributed by atoms with Gasteiger partial charge in [0.2, 0.25) is 5.91 Å². The first-order valence-corrected chi connectivity index (χ1v) is 13.1. The van der Waals surface area contributed by atoms with Gasteiger partial charge in [-0.2, -0.15) is 0 Å². The maximum absolute atomic E-state index is 12.5. The van der Waals surface area contributed by atoms with Crippen LogP contribution < -0.4 is 10.1 Å². The Balaban J connectivity index is 1.29. The maximum Gasteiger partial charge on any atom is 0.224 e. The molecule has 1 aromatic carbocycles. The SMILES string of the molecule is COc1cccc(CC(=O)N[C@@H]2C[C@H](Cn3cc(CN4CCS(=O)(=O)CC4)nn3)[C@@H](O)[C@H]2O)c1. The molecular weight excluding hydrogens is 462 g/mol. The van der Waals surface area contributed by atoms with E-state index >= 15 is 0 Å². The number of hydrogen-bond acceptors (Lipinski definition) is 9. The molecule has 0 bridgehead atoms. The minimum Gasteiger partial charge on any atom is -0.497 e. The summed E-state index contributed by atoms with van der Waals surface area (Å²) in [6, 6.07) is 6.67. The second kappa shape index (κ2) is 10.4. The van der Waals surface area contributed by atoms with Crippen LogP contribution in [0, 0.1) is 5.92 Å². The molecule has 1 saturated carbocycles. The number of rotatable bonds is 8. The average Bonchev–Trinajstić information content (AvgIpc) is 3.35. The number of nitrogens with one attached hydrogen (secondary N) is 1. The van der Waals surface area contributed by atoms with Gasteiger partial charge in [0.1, 0.15) is 11.9 Å². The summed E-state index contributed by atoms with van der Waals surface area (Å²) in [4.78, 5) is 14.5. The number of aromatic nitrogens is 3. The molecule has 2 aliphatic rings. The van der Waals surface area contributed by atoms with Crippen molar-refractivity contribution in [2.45, 2.75) is 44.2 Å². The van der Waals surface area contributed by atoms with Gasteiger partial charge in [-0.25, -0.2) is 8.42 Å². The van der Waals surface area contributed by atoms with E-state index in [0.717, 1.165) is 11.3 Å². The van der Waals surface area contributed by atoms with E-state index in [-0.39, 0.29) is 29.8 Å². The van der Waals surface area contributed by atoms with E-state index in [4.69, 9.17) is 4.74 Å². The summed E-state index contributed by atoms with van der Waals surface area (Å²) in [5.41, 5.74) is 1.51. The number of aliphatic hydroxyl groups excluding tert-OH is 2. The van der Waals surface area contributed by atoms with E-state index in [1.807, 2.05) is 17.0 Å². The fourth-order valence-corrected chi connectivity index (χ4v) is 5.83. The van der Waals surface area contributed by atoms with Crippen molar-refractivity contribution in [1.29, 1.82) is 0 Å². The van der Waals surface area contributed by atoms with Crippen molar-refractivity contribution in [2.75, 3.05) is 31.7 Å². The second-order valence-electron chi connectivity index (χ2n) is 9.04. The van der Waals surface area contributed by atoms with Crippen LogP contribution in [0.15, 0.2) is 30.5 Å². The van der Waals surface area contributed by atoms with Gasteiger partial charge in [-0.15, -0.1) is 5.10 Å². The average molecular weight is 494 g/mol. The zero-order valence-corrected chi connectivity index (χ0v) is 19.9. The van der Waals surface area contributed by atoms with Crippen molar-refractivity contribution in [1.82, 2.24) is 25.2 Å². The quantitative estimate of drug-likeness (QED) is 0.421. The van der Waals surface area contributed by atoms with Gasteiger partial charge in [-0.1, -0.05) is 17.3 Å². The molecule has 0 radical (unpaired) electrons. The molecule has 4 rings (SSSR count). The summed E-state index contributed by atoms with van der Waals surface area (Å²) in [7, 11) is -1.37. The standard InChI is InChI=1S/C22H31N5O6S/c1-33-18-4-2-3-15(9-18)10-20(28)23-19-11-16(21(29)22(19)30)12-27-14-17(24-25-27)13-26-5-7-34(31,32)8-6-26/h2-4,9,14,16,19,21-22,29-30H,5-8,10-13H2,1H3,(H,23,28)/t16-,19-,21-,22+/m1/s1. The van der Waals surface area contributed by atoms with Crippen LogP contribution in [-0.2, 0) is 34.1 Å². The van der Waals surface area contributed by atoms with Gasteiger partial charge in [0, 0.05) is 38.3 Å². The molecule has 1 amide bonds. The number of ether oxygens (including phenoxy) is 1. The third-order valence-electron chi connectivity index (χ3n) is 6.48. The number of carbonyl (C=O) groups excluding carboxylic acids is 1. The number of benzene rings is 1. The number of methoxy groups -OCH3 is 1. The summed E-state index contributed by atoms with van der Waals surface area (Å²) >= 11 is 0. The third-order valence-corrected chi connectivity index (χ3v) is 8.09. The molecule has 1 saturated heterocycles. The highest BCUT2D eigenvalue weighted by Gasteiger charge is 2.42. The minimum absolute atomic E-state index is 0.144. The fourth-order valence-electron chi connectivity index (χ4n) is 4.55. The second-order valence-corrected chi connectivity index (χ2v) is 11.3. The van der Waals surface area contributed by atoms with Crippen molar-refractivity contribution in [3.63, 3.8) is 0 Å². The Kier molecular flexibility index (Phi) is 7.51. The molecule has 1 aliphatic carbocycles. The third kappa shape index (κ3) is 6.12. The van der Waals surface area contributed by atoms with Crippen LogP contribution in [0.5, 0.6) is 5.75 Å². The molecule has 4 atom stereocenters. The van der Waals surface area contributed by atoms with Gasteiger partial charge in [-0.3, -0.25) is 14.4 Å². The summed E-state index contributed by atoms with van der Waals surface area (Å²) in [6.45, 7) is 1.80. The van der Waals surface area contributed by atoms with Gasteiger partial charge in [-0.05, 0) is 24.1 Å². The predicted octanol–water partition coefficient (Wildman–Crippen LogP) is -1.01. The maximum atomic E-state index is 12.5. The lowest BCUT2D eigenvalue weighted by molar-refractivity contribution is -0.122. The fraction of sp³-hybridized carbons (Fsp3) is 0.591. The van der Waals surface area contributed by atoms with Crippen molar-refractivity contribution < 1.29 is 28.2 Å². The monoisotopic (exact) mass is 493 g/mol. The molecule has 186 valence electrons. The molecule has 0 unspecified atom stereocenters. The number of sulfone groups is 1. The van der Waals surface area contributed by atoms with Crippen LogP contribution in [0.25, 0.3) is 0 Å². The Morgan fingerprint density at radius 3 is 2.74 bits per heavy atom. The molecule has 34 heavy (non-hydrogen) atoms. The van der Waals surface area contributed by atoms with E-state index in [1.165, 1.54) is 0 Å². The topological polar surface area (TPSA) is 147 Å². The molecule has 12 heteroatoms. The van der Waals surface area contributed by atoms with E-state index < -0.39 is 28.1 Å². The number of aliphatic hydroxyl groups is 2. The molecule has 2 fully saturated rings. The summed E-state index contributed by atoms with van der Waals surface area (Å²) in [5, 5.41) is 32.1. The van der Waals surface area contributed by atoms with Crippen LogP contribution in [-0.4, -0.2) is 94.4 Å². The van der Waals surface area contributed by atoms with E-state index in [2.05, 4.69) is 15.6 Å². The molecule has 1 aliphatic heterocycles. The lowest BCUT2D eigenvalue weighted by Gasteiger charge is -2.25. The number of carbonyl (C=O) groups is 1. The Morgan fingerprint density at radius 2 is 2.00 bits per heavy atom. The van der Waals surface area contributed by atoms with Crippen molar-refractivity contribution in [3.05, 3.63) is 41.7 Å². The summed E-state index contributed by atoms with van der Waals surface area (Å²) in [5.74, 6) is 0.430. The van der Waals surface area contributed by atoms with Crippen molar-refractivity contribution in [2.24, 2.45) is 5.92 Å². The summed E-state index contributed by atoms with van der Waals surface area (Å²) in [6.07, 6.45) is 0.257. The lowest BCUT2D eigenvalue weighted by Crippen LogP contribution is -2.43. The predicted molar refractivity (Wildman–Crippen MR) is 123 cm³/mol. The first-order valence-electron chi connectivity index (χ1n) is 11.3. The van der Waals surface area contributed by atoms with Crippen LogP contribution in [0.2, 0.25) is 0 Å². The van der Waals surface area contributed by atoms with Gasteiger partial charge in [0.25, 0.3) is 0 Å². The van der Waals surface area contributed by atoms with Crippen molar-refractivity contribution in [3.8, 4) is 5.75 Å². The van der Waals surface area contributed by atoms with Gasteiger partial charge in [0.15, 0.2) is 9.84 Å². The van der Waals surface area contributed by atoms with Crippen LogP contribution in [0.4, 0.5) is 0 Å². The first kappa shape index (κ1) is 24.6. The molecule has 11 nitrogen and oxygen atoms in total. The normalized spacial score (nSPS) is 26.9. The molecular formula is C22H31N5O6S. The van der Waals surface area contributed by atoms with Crippen molar-refractivity contribution >= 4 is 15.7 Å². The van der Waals surface area contributed by atoms with Gasteiger partial charge in [0.05, 0.1) is 42.9 Å². The summed E-state index contributed by atoms with van der Waals surface area (Å²) < 4.78 is 30.0. The highest BCUT2D eigenvalue weighted by Crippen LogP contribution is 2.28. The molecule has 0 spiro atoms. The zero-order valence-electron chi connectivity index (χ0n) is 19.1. The molecule has 2 aromatic rings. The minimum atomic E-state index is -2.93.